The van der Waals surface area contributed by atoms with Crippen molar-refractivity contribution >= 4 is 68.6 Å². The molecule has 6 aromatic rings. The van der Waals surface area contributed by atoms with Crippen LogP contribution in [0.3, 0.4) is 0 Å². The average Bonchev–Trinajstić information content (AvgIpc) is 3.35. The van der Waals surface area contributed by atoms with Crippen molar-refractivity contribution in [2.24, 2.45) is 0 Å². The number of fused-ring (bicyclic) bond motifs is 7. The van der Waals surface area contributed by atoms with Gasteiger partial charge in [-0.1, -0.05) is 98.1 Å². The minimum atomic E-state index is -0.0502. The van der Waals surface area contributed by atoms with E-state index in [0.717, 1.165) is 0 Å². The third-order valence-corrected chi connectivity index (χ3v) is 13.5. The molecule has 53 heavy (non-hydrogen) atoms. The van der Waals surface area contributed by atoms with Crippen LogP contribution in [-0.4, -0.2) is 12.3 Å². The second kappa shape index (κ2) is 11.4. The van der Waals surface area contributed by atoms with E-state index in [2.05, 4.69) is 178 Å². The summed E-state index contributed by atoms with van der Waals surface area (Å²) in [5, 5.41) is 0. The van der Waals surface area contributed by atoms with Crippen LogP contribution in [-0.2, 0) is 5.41 Å². The van der Waals surface area contributed by atoms with Gasteiger partial charge in [-0.05, 0) is 141 Å². The van der Waals surface area contributed by atoms with Crippen molar-refractivity contribution in [2.75, 3.05) is 14.7 Å². The van der Waals surface area contributed by atoms with E-state index in [1.807, 2.05) is 0 Å². The van der Waals surface area contributed by atoms with Crippen LogP contribution in [0.15, 0.2) is 115 Å². The van der Waals surface area contributed by atoms with Gasteiger partial charge in [-0.25, -0.2) is 0 Å². The molecule has 0 saturated heterocycles. The maximum atomic E-state index is 2.86. The number of rotatable bonds is 4. The van der Waals surface area contributed by atoms with Gasteiger partial charge in [-0.15, -0.1) is 0 Å². The lowest BCUT2D eigenvalue weighted by molar-refractivity contribution is 0.195. The fraction of sp³-hybridized carbons (Fsp3) is 0.265. The Labute approximate surface area is 316 Å². The molecule has 10 rings (SSSR count). The van der Waals surface area contributed by atoms with Crippen LogP contribution in [0.2, 0.25) is 0 Å². The van der Waals surface area contributed by atoms with E-state index in [4.69, 9.17) is 0 Å². The largest absolute Gasteiger partial charge is 0.335 e. The molecule has 2 unspecified atom stereocenters. The summed E-state index contributed by atoms with van der Waals surface area (Å²) < 4.78 is 0. The monoisotopic (exact) mass is 689 g/mol. The summed E-state index contributed by atoms with van der Waals surface area (Å²) in [6.45, 7) is 16.6. The molecule has 6 aromatic carbocycles. The van der Waals surface area contributed by atoms with Crippen molar-refractivity contribution in [2.45, 2.75) is 85.1 Å². The molecular weight excluding hydrogens is 641 g/mol. The van der Waals surface area contributed by atoms with Crippen LogP contribution < -0.4 is 31.1 Å². The average molecular weight is 690 g/mol. The van der Waals surface area contributed by atoms with Gasteiger partial charge in [0.1, 0.15) is 0 Å². The van der Waals surface area contributed by atoms with Gasteiger partial charge in [0.2, 0.25) is 0 Å². The fourth-order valence-electron chi connectivity index (χ4n) is 10.8. The number of nitrogens with zero attached hydrogens (tertiary/aromatic N) is 3. The third kappa shape index (κ3) is 4.42. The summed E-state index contributed by atoms with van der Waals surface area (Å²) >= 11 is 0. The summed E-state index contributed by atoms with van der Waals surface area (Å²) in [7, 11) is 0. The standard InChI is InChI=1S/C49H48BN3/c1-31-15-14-18-36(25-31)51-43-28-32(2)21-22-39(43)50-40-27-33(3)26-38-47(40)53(49(7)24-13-12-23-48(38,49)6)45-30-37(29-44(51)46(45)50)52(41-19-10-8-16-34(41)4)42-20-11-9-17-35(42)5/h8-11,14-22,25-30H,12-13,23-24H2,1-7H3. The lowest BCUT2D eigenvalue weighted by Crippen LogP contribution is -2.64. The smallest absolute Gasteiger partial charge is 0.252 e. The van der Waals surface area contributed by atoms with Crippen molar-refractivity contribution in [3.63, 3.8) is 0 Å². The second-order valence-electron chi connectivity index (χ2n) is 16.9. The summed E-state index contributed by atoms with van der Waals surface area (Å²) in [4.78, 5) is 7.97. The Bertz CT molecular complexity index is 2450. The molecule has 262 valence electrons. The molecule has 3 nitrogen and oxygen atoms in total. The van der Waals surface area contributed by atoms with Crippen molar-refractivity contribution < 1.29 is 0 Å². The highest BCUT2D eigenvalue weighted by molar-refractivity contribution is 7.00. The SMILES string of the molecule is Cc1cccc(N2c3cc(C)ccc3B3c4cc(C)cc5c4N(c4cc(N(c6ccccc6C)c6ccccc6C)cc2c43)C2(C)CCCCC52C)c1. The first-order chi connectivity index (χ1) is 25.6. The van der Waals surface area contributed by atoms with Crippen LogP contribution in [0, 0.1) is 34.6 Å². The van der Waals surface area contributed by atoms with E-state index in [9.17, 15) is 0 Å². The molecule has 2 atom stereocenters. The minimum absolute atomic E-state index is 0.0502. The molecule has 1 saturated carbocycles. The van der Waals surface area contributed by atoms with Crippen LogP contribution in [0.25, 0.3) is 0 Å². The Hall–Kier alpha value is -5.22. The number of hydrogen-bond acceptors (Lipinski definition) is 3. The van der Waals surface area contributed by atoms with E-state index < -0.39 is 0 Å². The van der Waals surface area contributed by atoms with Gasteiger partial charge >= 0.3 is 0 Å². The molecule has 0 radical (unpaired) electrons. The van der Waals surface area contributed by atoms with Gasteiger partial charge in [0.15, 0.2) is 0 Å². The number of hydrogen-bond donors (Lipinski definition) is 0. The summed E-state index contributed by atoms with van der Waals surface area (Å²) in [6, 6.07) is 44.2. The second-order valence-corrected chi connectivity index (χ2v) is 16.9. The predicted octanol–water partition coefficient (Wildman–Crippen LogP) is 11.1. The Kier molecular flexibility index (Phi) is 6.97. The number of benzene rings is 6. The van der Waals surface area contributed by atoms with Crippen LogP contribution in [0.5, 0.6) is 0 Å². The zero-order valence-corrected chi connectivity index (χ0v) is 32.2. The highest BCUT2D eigenvalue weighted by Crippen LogP contribution is 2.62. The molecule has 4 aliphatic rings. The fourth-order valence-corrected chi connectivity index (χ4v) is 10.8. The number of aryl methyl sites for hydroxylation is 5. The van der Waals surface area contributed by atoms with Crippen LogP contribution >= 0.6 is 0 Å². The maximum absolute atomic E-state index is 2.86. The highest BCUT2D eigenvalue weighted by Gasteiger charge is 2.61. The van der Waals surface area contributed by atoms with E-state index in [0.29, 0.717) is 0 Å². The first kappa shape index (κ1) is 32.4. The zero-order chi connectivity index (χ0) is 36.4. The van der Waals surface area contributed by atoms with Gasteiger partial charge in [0.05, 0.1) is 11.2 Å². The molecule has 0 spiro atoms. The maximum Gasteiger partial charge on any atom is 0.252 e. The Morgan fingerprint density at radius 2 is 1.26 bits per heavy atom. The van der Waals surface area contributed by atoms with Gasteiger partial charge in [-0.3, -0.25) is 0 Å². The lowest BCUT2D eigenvalue weighted by atomic mass is 9.33. The van der Waals surface area contributed by atoms with Crippen LogP contribution in [0.1, 0.15) is 72.9 Å². The molecular formula is C49H48BN3. The molecule has 3 aliphatic heterocycles. The summed E-state index contributed by atoms with van der Waals surface area (Å²) in [5.41, 5.74) is 22.5. The Morgan fingerprint density at radius 3 is 1.98 bits per heavy atom. The third-order valence-electron chi connectivity index (χ3n) is 13.5. The van der Waals surface area contributed by atoms with E-state index in [-0.39, 0.29) is 17.7 Å². The molecule has 4 heteroatoms. The summed E-state index contributed by atoms with van der Waals surface area (Å²) in [5.74, 6) is 0. The van der Waals surface area contributed by atoms with Crippen molar-refractivity contribution in [1.82, 2.24) is 0 Å². The van der Waals surface area contributed by atoms with Gasteiger partial charge in [0, 0.05) is 45.2 Å². The Balaban J connectivity index is 1.37. The molecule has 0 N–H and O–H groups in total. The molecule has 0 aromatic heterocycles. The number of anilines is 8. The highest BCUT2D eigenvalue weighted by atomic mass is 15.3. The van der Waals surface area contributed by atoms with Crippen molar-refractivity contribution in [1.29, 1.82) is 0 Å². The molecule has 0 bridgehead atoms. The molecule has 1 fully saturated rings. The lowest BCUT2D eigenvalue weighted by Gasteiger charge is -2.53. The van der Waals surface area contributed by atoms with E-state index in [1.165, 1.54) is 115 Å². The summed E-state index contributed by atoms with van der Waals surface area (Å²) in [6.07, 6.45) is 4.93. The van der Waals surface area contributed by atoms with Gasteiger partial charge < -0.3 is 14.7 Å². The van der Waals surface area contributed by atoms with Crippen molar-refractivity contribution in [3.8, 4) is 0 Å². The van der Waals surface area contributed by atoms with Crippen molar-refractivity contribution in [3.05, 3.63) is 149 Å². The van der Waals surface area contributed by atoms with Gasteiger partial charge in [-0.2, -0.15) is 0 Å². The normalized spacial score (nSPS) is 20.5. The van der Waals surface area contributed by atoms with E-state index in [1.54, 1.807) is 5.56 Å². The van der Waals surface area contributed by atoms with E-state index >= 15 is 0 Å². The molecule has 0 amide bonds. The molecule has 3 heterocycles. The van der Waals surface area contributed by atoms with Gasteiger partial charge in [0.25, 0.3) is 6.71 Å². The zero-order valence-electron chi connectivity index (χ0n) is 32.2. The Morgan fingerprint density at radius 1 is 0.585 bits per heavy atom. The number of para-hydroxylation sites is 2. The molecule has 1 aliphatic carbocycles. The predicted molar refractivity (Wildman–Crippen MR) is 227 cm³/mol. The first-order valence-corrected chi connectivity index (χ1v) is 19.6. The first-order valence-electron chi connectivity index (χ1n) is 19.6. The van der Waals surface area contributed by atoms with Crippen LogP contribution in [0.4, 0.5) is 45.5 Å². The minimum Gasteiger partial charge on any atom is -0.335 e. The quantitative estimate of drug-likeness (QED) is 0.170. The topological polar surface area (TPSA) is 9.72 Å².